The van der Waals surface area contributed by atoms with Crippen molar-refractivity contribution in [1.29, 1.82) is 0 Å². The lowest BCUT2D eigenvalue weighted by atomic mass is 10.1. The van der Waals surface area contributed by atoms with E-state index in [2.05, 4.69) is 10.5 Å². The number of nitrogens with zero attached hydrogens (tertiary/aromatic N) is 2. The second kappa shape index (κ2) is 7.10. The second-order valence-electron chi connectivity index (χ2n) is 6.79. The predicted octanol–water partition coefficient (Wildman–Crippen LogP) is 5.39. The number of hydrazone groups is 1. The Morgan fingerprint density at radius 1 is 0.931 bits per heavy atom. The summed E-state index contributed by atoms with van der Waals surface area (Å²) in [5.41, 5.74) is 6.54. The standard InChI is InChI=1S/C22H15Cl2N3OS/c23-17-10-6-11-18(24)15(17)13-27-19-12-5-4-9-16(19)22(21(27)28)26-25-20(29-22)14-7-2-1-3-8-14/h1-12,26H,13H2/t22-/m0/s1. The maximum absolute atomic E-state index is 13.7. The SMILES string of the molecule is O=C1N(Cc2c(Cl)cccc2Cl)c2ccccc2[C@@]12NN=C(c1ccccc1)S2. The number of amides is 1. The van der Waals surface area contributed by atoms with Gasteiger partial charge in [0, 0.05) is 26.7 Å². The van der Waals surface area contributed by atoms with E-state index in [1.54, 1.807) is 23.1 Å². The Balaban J connectivity index is 1.54. The fraction of sp³-hybridized carbons (Fsp3) is 0.0909. The van der Waals surface area contributed by atoms with Gasteiger partial charge in [0.05, 0.1) is 12.2 Å². The van der Waals surface area contributed by atoms with Crippen LogP contribution in [-0.4, -0.2) is 11.0 Å². The predicted molar refractivity (Wildman–Crippen MR) is 119 cm³/mol. The molecular formula is C22H15Cl2N3OS. The minimum atomic E-state index is -0.991. The summed E-state index contributed by atoms with van der Waals surface area (Å²) < 4.78 is 0. The zero-order valence-electron chi connectivity index (χ0n) is 15.1. The molecule has 1 spiro atoms. The number of carbonyl (C=O) groups excluding carboxylic acids is 1. The molecule has 1 amide bonds. The molecule has 0 unspecified atom stereocenters. The number of para-hydroxylation sites is 1. The fourth-order valence-corrected chi connectivity index (χ4v) is 5.37. The molecule has 2 aliphatic rings. The number of nitrogens with one attached hydrogen (secondary N) is 1. The summed E-state index contributed by atoms with van der Waals surface area (Å²) in [6.45, 7) is 0.291. The Labute approximate surface area is 182 Å². The largest absolute Gasteiger partial charge is 0.304 e. The van der Waals surface area contributed by atoms with Crippen LogP contribution in [0.1, 0.15) is 16.7 Å². The van der Waals surface area contributed by atoms with Gasteiger partial charge < -0.3 is 4.90 Å². The lowest BCUT2D eigenvalue weighted by Crippen LogP contribution is -2.44. The Hall–Kier alpha value is -2.47. The molecule has 3 aromatic carbocycles. The van der Waals surface area contributed by atoms with E-state index >= 15 is 0 Å². The number of fused-ring (bicyclic) bond motifs is 2. The maximum Gasteiger partial charge on any atom is 0.270 e. The first-order chi connectivity index (χ1) is 14.1. The first-order valence-corrected chi connectivity index (χ1v) is 10.6. The van der Waals surface area contributed by atoms with Gasteiger partial charge in [-0.25, -0.2) is 0 Å². The molecule has 3 aromatic rings. The molecule has 2 heterocycles. The van der Waals surface area contributed by atoms with Crippen molar-refractivity contribution in [2.45, 2.75) is 11.4 Å². The minimum absolute atomic E-state index is 0.0885. The van der Waals surface area contributed by atoms with Crippen LogP contribution in [0.5, 0.6) is 0 Å². The normalized spacial score (nSPS) is 20.0. The molecule has 2 aliphatic heterocycles. The summed E-state index contributed by atoms with van der Waals surface area (Å²) in [6, 6.07) is 23.0. The minimum Gasteiger partial charge on any atom is -0.304 e. The topological polar surface area (TPSA) is 44.7 Å². The Bertz CT molecular complexity index is 1130. The second-order valence-corrected chi connectivity index (χ2v) is 8.80. The quantitative estimate of drug-likeness (QED) is 0.594. The van der Waals surface area contributed by atoms with Crippen LogP contribution in [-0.2, 0) is 16.2 Å². The summed E-state index contributed by atoms with van der Waals surface area (Å²) in [5, 5.41) is 6.36. The van der Waals surface area contributed by atoms with Crippen LogP contribution in [0.3, 0.4) is 0 Å². The maximum atomic E-state index is 13.7. The summed E-state index contributed by atoms with van der Waals surface area (Å²) in [7, 11) is 0. The summed E-state index contributed by atoms with van der Waals surface area (Å²) >= 11 is 14.2. The third kappa shape index (κ3) is 2.92. The molecule has 144 valence electrons. The van der Waals surface area contributed by atoms with Gasteiger partial charge in [0.2, 0.25) is 4.87 Å². The zero-order valence-corrected chi connectivity index (χ0v) is 17.4. The number of hydrogen-bond acceptors (Lipinski definition) is 4. The smallest absolute Gasteiger partial charge is 0.270 e. The number of thioether (sulfide) groups is 1. The molecule has 1 N–H and O–H groups in total. The Morgan fingerprint density at radius 3 is 2.38 bits per heavy atom. The van der Waals surface area contributed by atoms with Crippen LogP contribution < -0.4 is 10.3 Å². The molecule has 0 fully saturated rings. The molecule has 0 radical (unpaired) electrons. The summed E-state index contributed by atoms with van der Waals surface area (Å²) in [4.78, 5) is 14.4. The van der Waals surface area contributed by atoms with Crippen molar-refractivity contribution >= 4 is 51.6 Å². The van der Waals surface area contributed by atoms with E-state index in [0.29, 0.717) is 16.6 Å². The van der Waals surface area contributed by atoms with Gasteiger partial charge in [-0.1, -0.05) is 89.6 Å². The first kappa shape index (κ1) is 18.6. The van der Waals surface area contributed by atoms with E-state index in [4.69, 9.17) is 23.2 Å². The third-order valence-corrected chi connectivity index (χ3v) is 7.10. The van der Waals surface area contributed by atoms with Crippen molar-refractivity contribution in [2.24, 2.45) is 5.10 Å². The number of carbonyl (C=O) groups is 1. The van der Waals surface area contributed by atoms with E-state index in [1.165, 1.54) is 11.8 Å². The lowest BCUT2D eigenvalue weighted by molar-refractivity contribution is -0.121. The molecule has 0 aliphatic carbocycles. The highest BCUT2D eigenvalue weighted by atomic mass is 35.5. The van der Waals surface area contributed by atoms with Gasteiger partial charge in [0.15, 0.2) is 0 Å². The molecule has 0 aromatic heterocycles. The van der Waals surface area contributed by atoms with Crippen molar-refractivity contribution in [3.05, 3.63) is 99.5 Å². The van der Waals surface area contributed by atoms with Crippen LogP contribution in [0.4, 0.5) is 5.69 Å². The molecule has 5 rings (SSSR count). The molecular weight excluding hydrogens is 425 g/mol. The number of benzene rings is 3. The number of rotatable bonds is 3. The van der Waals surface area contributed by atoms with Gasteiger partial charge in [-0.3, -0.25) is 10.2 Å². The molecule has 1 atom stereocenters. The summed E-state index contributed by atoms with van der Waals surface area (Å²) in [5.74, 6) is -0.0885. The van der Waals surface area contributed by atoms with Crippen LogP contribution in [0.25, 0.3) is 0 Å². The van der Waals surface area contributed by atoms with Crippen LogP contribution >= 0.6 is 35.0 Å². The van der Waals surface area contributed by atoms with E-state index in [-0.39, 0.29) is 5.91 Å². The average molecular weight is 440 g/mol. The van der Waals surface area contributed by atoms with E-state index in [0.717, 1.165) is 27.4 Å². The lowest BCUT2D eigenvalue weighted by Gasteiger charge is -2.23. The van der Waals surface area contributed by atoms with Crippen molar-refractivity contribution in [3.63, 3.8) is 0 Å². The van der Waals surface area contributed by atoms with Gasteiger partial charge in [-0.15, -0.1) is 0 Å². The molecule has 7 heteroatoms. The Morgan fingerprint density at radius 2 is 1.62 bits per heavy atom. The number of anilines is 1. The van der Waals surface area contributed by atoms with Crippen molar-refractivity contribution in [1.82, 2.24) is 5.43 Å². The van der Waals surface area contributed by atoms with Gasteiger partial charge in [0.1, 0.15) is 5.04 Å². The van der Waals surface area contributed by atoms with E-state index < -0.39 is 4.87 Å². The van der Waals surface area contributed by atoms with Gasteiger partial charge in [-0.05, 0) is 18.2 Å². The number of halogens is 2. The molecule has 0 saturated carbocycles. The Kier molecular flexibility index (Phi) is 4.54. The van der Waals surface area contributed by atoms with Crippen LogP contribution in [0, 0.1) is 0 Å². The van der Waals surface area contributed by atoms with Crippen molar-refractivity contribution < 1.29 is 4.79 Å². The third-order valence-electron chi connectivity index (χ3n) is 5.08. The van der Waals surface area contributed by atoms with Gasteiger partial charge >= 0.3 is 0 Å². The highest BCUT2D eigenvalue weighted by molar-refractivity contribution is 8.16. The van der Waals surface area contributed by atoms with Crippen molar-refractivity contribution in [2.75, 3.05) is 4.90 Å². The van der Waals surface area contributed by atoms with E-state index in [9.17, 15) is 4.79 Å². The van der Waals surface area contributed by atoms with Crippen molar-refractivity contribution in [3.8, 4) is 0 Å². The highest BCUT2D eigenvalue weighted by Crippen LogP contribution is 2.51. The van der Waals surface area contributed by atoms with Gasteiger partial charge in [-0.2, -0.15) is 5.10 Å². The molecule has 0 saturated heterocycles. The van der Waals surface area contributed by atoms with Gasteiger partial charge in [0.25, 0.3) is 5.91 Å². The molecule has 29 heavy (non-hydrogen) atoms. The molecule has 0 bridgehead atoms. The van der Waals surface area contributed by atoms with Crippen LogP contribution in [0.15, 0.2) is 77.9 Å². The number of hydrogen-bond donors (Lipinski definition) is 1. The first-order valence-electron chi connectivity index (χ1n) is 9.04. The summed E-state index contributed by atoms with van der Waals surface area (Å²) in [6.07, 6.45) is 0. The average Bonchev–Trinajstić information content (AvgIpc) is 3.29. The monoisotopic (exact) mass is 439 g/mol. The molecule has 4 nitrogen and oxygen atoms in total. The zero-order chi connectivity index (χ0) is 20.0. The highest BCUT2D eigenvalue weighted by Gasteiger charge is 2.55. The van der Waals surface area contributed by atoms with Crippen LogP contribution in [0.2, 0.25) is 10.0 Å². The van der Waals surface area contributed by atoms with E-state index in [1.807, 2.05) is 54.6 Å². The fourth-order valence-electron chi connectivity index (χ4n) is 3.65.